The Bertz CT molecular complexity index is 736. The normalized spacial score (nSPS) is 26.5. The van der Waals surface area contributed by atoms with Crippen molar-refractivity contribution in [3.8, 4) is 5.75 Å². The fourth-order valence-corrected chi connectivity index (χ4v) is 5.89. The lowest BCUT2D eigenvalue weighted by atomic mass is 9.98. The summed E-state index contributed by atoms with van der Waals surface area (Å²) < 4.78 is 56.5. The molecule has 0 amide bonds. The Kier molecular flexibility index (Phi) is 5.77. The molecular formula is C18H26F2N2O4S. The van der Waals surface area contributed by atoms with Crippen LogP contribution in [0.5, 0.6) is 5.75 Å². The van der Waals surface area contributed by atoms with Crippen molar-refractivity contribution < 1.29 is 27.0 Å². The average molecular weight is 404 g/mol. The lowest BCUT2D eigenvalue weighted by Gasteiger charge is -2.39. The van der Waals surface area contributed by atoms with Gasteiger partial charge in [0, 0.05) is 24.7 Å². The van der Waals surface area contributed by atoms with E-state index in [2.05, 4.69) is 10.1 Å². The summed E-state index contributed by atoms with van der Waals surface area (Å²) in [5, 5.41) is 13.2. The minimum absolute atomic E-state index is 0.0681. The van der Waals surface area contributed by atoms with E-state index < -0.39 is 22.2 Å². The van der Waals surface area contributed by atoms with Gasteiger partial charge in [0.15, 0.2) is 0 Å². The number of ether oxygens (including phenoxy) is 1. The minimum atomic E-state index is -3.70. The van der Waals surface area contributed by atoms with Crippen LogP contribution in [0.2, 0.25) is 0 Å². The third kappa shape index (κ3) is 4.77. The highest BCUT2D eigenvalue weighted by Crippen LogP contribution is 2.40. The molecule has 2 N–H and O–H groups in total. The maximum atomic E-state index is 13.1. The summed E-state index contributed by atoms with van der Waals surface area (Å²) in [6.45, 7) is 0.972. The van der Waals surface area contributed by atoms with Crippen LogP contribution in [-0.4, -0.2) is 54.7 Å². The maximum Gasteiger partial charge on any atom is 0.387 e. The number of hydrogen-bond donors (Lipinski definition) is 2. The predicted octanol–water partition coefficient (Wildman–Crippen LogP) is 2.33. The Morgan fingerprint density at radius 2 is 1.78 bits per heavy atom. The fraction of sp³-hybridized carbons (Fsp3) is 0.667. The summed E-state index contributed by atoms with van der Waals surface area (Å²) in [6.07, 6.45) is 2.99. The monoisotopic (exact) mass is 404 g/mol. The van der Waals surface area contributed by atoms with Crippen LogP contribution < -0.4 is 10.1 Å². The topological polar surface area (TPSA) is 78.9 Å². The number of nitrogens with one attached hydrogen (secondary N) is 1. The third-order valence-corrected chi connectivity index (χ3v) is 7.13. The highest BCUT2D eigenvalue weighted by atomic mass is 32.2. The quantitative estimate of drug-likeness (QED) is 0.729. The molecule has 0 radical (unpaired) electrons. The number of nitrogens with zero attached hydrogens (tertiary/aromatic N) is 1. The van der Waals surface area contributed by atoms with Crippen molar-refractivity contribution in [3.05, 3.63) is 24.3 Å². The van der Waals surface area contributed by atoms with Gasteiger partial charge >= 0.3 is 6.61 Å². The Hall–Kier alpha value is -1.29. The molecule has 2 unspecified atom stereocenters. The molecule has 2 aliphatic heterocycles. The van der Waals surface area contributed by atoms with Crippen molar-refractivity contribution in [2.75, 3.05) is 6.54 Å². The van der Waals surface area contributed by atoms with Gasteiger partial charge in [-0.15, -0.1) is 0 Å². The smallest absolute Gasteiger partial charge is 0.387 e. The first-order valence-electron chi connectivity index (χ1n) is 9.10. The molecule has 2 heterocycles. The highest BCUT2D eigenvalue weighted by molar-refractivity contribution is 7.89. The molecule has 27 heavy (non-hydrogen) atoms. The Balaban J connectivity index is 1.71. The molecule has 152 valence electrons. The fourth-order valence-electron chi connectivity index (χ4n) is 4.00. The standard InChI is InChI=1S/C18H26F2N2O4S/c1-18(2,23)11-21-12-9-13-3-4-14(10-12)22(13)27(24,25)16-7-5-15(6-8-16)26-17(19)20/h5-8,12-14,17,21,23H,3-4,9-11H2,1-2H3. The van der Waals surface area contributed by atoms with Crippen molar-refractivity contribution in [1.29, 1.82) is 0 Å². The minimum Gasteiger partial charge on any atom is -0.435 e. The van der Waals surface area contributed by atoms with E-state index in [1.54, 1.807) is 18.2 Å². The van der Waals surface area contributed by atoms with E-state index in [0.29, 0.717) is 19.4 Å². The van der Waals surface area contributed by atoms with E-state index in [1.165, 1.54) is 24.3 Å². The van der Waals surface area contributed by atoms with Gasteiger partial charge in [-0.2, -0.15) is 13.1 Å². The molecule has 1 aromatic carbocycles. The molecule has 0 aliphatic carbocycles. The number of benzene rings is 1. The average Bonchev–Trinajstić information content (AvgIpc) is 2.84. The second-order valence-corrected chi connectivity index (χ2v) is 9.77. The van der Waals surface area contributed by atoms with E-state index in [0.717, 1.165) is 12.8 Å². The molecule has 0 aromatic heterocycles. The van der Waals surface area contributed by atoms with E-state index in [-0.39, 0.29) is 28.8 Å². The molecule has 0 spiro atoms. The number of halogens is 2. The first kappa shape index (κ1) is 20.4. The maximum absolute atomic E-state index is 13.1. The van der Waals surface area contributed by atoms with Gasteiger partial charge in [-0.25, -0.2) is 8.42 Å². The van der Waals surface area contributed by atoms with Crippen LogP contribution in [-0.2, 0) is 10.0 Å². The van der Waals surface area contributed by atoms with Gasteiger partial charge in [-0.05, 0) is 63.8 Å². The predicted molar refractivity (Wildman–Crippen MR) is 96.2 cm³/mol. The zero-order valence-corrected chi connectivity index (χ0v) is 16.3. The second-order valence-electron chi connectivity index (χ2n) is 7.93. The Morgan fingerprint density at radius 1 is 1.22 bits per heavy atom. The number of alkyl halides is 2. The molecule has 9 heteroatoms. The van der Waals surface area contributed by atoms with Crippen LogP contribution in [0.1, 0.15) is 39.5 Å². The SMILES string of the molecule is CC(C)(O)CNC1CC2CCC(C1)N2S(=O)(=O)c1ccc(OC(F)F)cc1. The van der Waals surface area contributed by atoms with Crippen LogP contribution in [0.25, 0.3) is 0 Å². The van der Waals surface area contributed by atoms with Crippen LogP contribution in [0.4, 0.5) is 8.78 Å². The van der Waals surface area contributed by atoms with Crippen molar-refractivity contribution in [3.63, 3.8) is 0 Å². The number of hydrogen-bond acceptors (Lipinski definition) is 5. The Labute approximate surface area is 158 Å². The highest BCUT2D eigenvalue weighted by Gasteiger charge is 2.47. The molecule has 2 saturated heterocycles. The van der Waals surface area contributed by atoms with Gasteiger partial charge in [-0.3, -0.25) is 0 Å². The summed E-state index contributed by atoms with van der Waals surface area (Å²) in [5.74, 6) is -0.0681. The van der Waals surface area contributed by atoms with Crippen molar-refractivity contribution in [2.45, 2.75) is 74.8 Å². The molecule has 2 bridgehead atoms. The lowest BCUT2D eigenvalue weighted by Crippen LogP contribution is -2.53. The van der Waals surface area contributed by atoms with E-state index >= 15 is 0 Å². The number of rotatable bonds is 7. The largest absolute Gasteiger partial charge is 0.435 e. The molecule has 6 nitrogen and oxygen atoms in total. The van der Waals surface area contributed by atoms with Gasteiger partial charge in [0.2, 0.25) is 10.0 Å². The van der Waals surface area contributed by atoms with Gasteiger partial charge in [0.25, 0.3) is 0 Å². The van der Waals surface area contributed by atoms with Crippen molar-refractivity contribution in [2.24, 2.45) is 0 Å². The van der Waals surface area contributed by atoms with Gasteiger partial charge in [0.05, 0.1) is 10.5 Å². The van der Waals surface area contributed by atoms with Crippen LogP contribution >= 0.6 is 0 Å². The van der Waals surface area contributed by atoms with Gasteiger partial charge in [0.1, 0.15) is 5.75 Å². The number of piperidine rings is 1. The summed E-state index contributed by atoms with van der Waals surface area (Å²) in [5.41, 5.74) is -0.815. The second kappa shape index (κ2) is 7.62. The van der Waals surface area contributed by atoms with Crippen LogP contribution in [0.3, 0.4) is 0 Å². The molecule has 3 rings (SSSR count). The Morgan fingerprint density at radius 3 is 2.26 bits per heavy atom. The van der Waals surface area contributed by atoms with Crippen LogP contribution in [0.15, 0.2) is 29.2 Å². The first-order valence-corrected chi connectivity index (χ1v) is 10.5. The molecule has 0 saturated carbocycles. The van der Waals surface area contributed by atoms with Gasteiger partial charge in [-0.1, -0.05) is 0 Å². The first-order chi connectivity index (χ1) is 12.6. The molecule has 2 fully saturated rings. The molecule has 2 aliphatic rings. The summed E-state index contributed by atoms with van der Waals surface area (Å²) in [6, 6.07) is 5.10. The summed E-state index contributed by atoms with van der Waals surface area (Å²) in [4.78, 5) is 0.0870. The van der Waals surface area contributed by atoms with Crippen molar-refractivity contribution >= 4 is 10.0 Å². The number of sulfonamides is 1. The van der Waals surface area contributed by atoms with E-state index in [1.807, 2.05) is 0 Å². The third-order valence-electron chi connectivity index (χ3n) is 5.11. The zero-order chi connectivity index (χ0) is 19.8. The zero-order valence-electron chi connectivity index (χ0n) is 15.4. The van der Waals surface area contributed by atoms with E-state index in [9.17, 15) is 22.3 Å². The molecule has 1 aromatic rings. The summed E-state index contributed by atoms with van der Waals surface area (Å²) >= 11 is 0. The van der Waals surface area contributed by atoms with Crippen molar-refractivity contribution in [1.82, 2.24) is 9.62 Å². The van der Waals surface area contributed by atoms with Gasteiger partial charge < -0.3 is 15.2 Å². The van der Waals surface area contributed by atoms with Crippen LogP contribution in [0, 0.1) is 0 Å². The summed E-state index contributed by atoms with van der Waals surface area (Å²) in [7, 11) is -3.70. The molecular weight excluding hydrogens is 378 g/mol. The number of aliphatic hydroxyl groups is 1. The van der Waals surface area contributed by atoms with E-state index in [4.69, 9.17) is 0 Å². The lowest BCUT2D eigenvalue weighted by molar-refractivity contribution is -0.0498. The number of fused-ring (bicyclic) bond motifs is 2. The molecule has 2 atom stereocenters.